The van der Waals surface area contributed by atoms with E-state index in [4.69, 9.17) is 10.5 Å². The molecule has 2 heterocycles. The van der Waals surface area contributed by atoms with Crippen LogP contribution in [0.25, 0.3) is 0 Å². The number of likely N-dealkylation sites (tertiary alicyclic amines) is 1. The maximum atomic E-state index is 5.99. The van der Waals surface area contributed by atoms with Gasteiger partial charge in [-0.15, -0.1) is 0 Å². The van der Waals surface area contributed by atoms with Crippen molar-refractivity contribution in [3.05, 3.63) is 35.9 Å². The van der Waals surface area contributed by atoms with Gasteiger partial charge in [0.05, 0.1) is 13.2 Å². The molecular formula is C24H41N5O. The lowest BCUT2D eigenvalue weighted by Crippen LogP contribution is -2.37. The number of piperidine rings is 1. The number of nitrogens with one attached hydrogen (secondary N) is 1. The summed E-state index contributed by atoms with van der Waals surface area (Å²) in [6.45, 7) is 10.3. The topological polar surface area (TPSA) is 66.1 Å². The average Bonchev–Trinajstić information content (AvgIpc) is 2.79. The highest BCUT2D eigenvalue weighted by atomic mass is 16.5. The third kappa shape index (κ3) is 9.02. The molecule has 0 aromatic heterocycles. The van der Waals surface area contributed by atoms with Crippen LogP contribution in [-0.2, 0) is 11.2 Å². The van der Waals surface area contributed by atoms with E-state index in [-0.39, 0.29) is 0 Å². The minimum Gasteiger partial charge on any atom is -0.379 e. The largest absolute Gasteiger partial charge is 0.379 e. The number of unbranched alkanes of at least 4 members (excludes halogenated alkanes) is 1. The fraction of sp³-hybridized carbons (Fsp3) is 0.708. The molecule has 3 N–H and O–H groups in total. The number of morpholine rings is 1. The number of hydrogen-bond acceptors (Lipinski definition) is 4. The van der Waals surface area contributed by atoms with Gasteiger partial charge in [-0.2, -0.15) is 0 Å². The summed E-state index contributed by atoms with van der Waals surface area (Å²) >= 11 is 0. The number of benzene rings is 1. The molecule has 2 aliphatic rings. The van der Waals surface area contributed by atoms with Crippen molar-refractivity contribution in [1.82, 2.24) is 15.1 Å². The lowest BCUT2D eigenvalue weighted by Gasteiger charge is -2.32. The summed E-state index contributed by atoms with van der Waals surface area (Å²) in [6, 6.07) is 10.9. The highest BCUT2D eigenvalue weighted by Gasteiger charge is 2.18. The van der Waals surface area contributed by atoms with Gasteiger partial charge in [-0.05, 0) is 69.6 Å². The highest BCUT2D eigenvalue weighted by Crippen LogP contribution is 2.21. The normalized spacial score (nSPS) is 19.8. The van der Waals surface area contributed by atoms with Crippen molar-refractivity contribution < 1.29 is 4.74 Å². The van der Waals surface area contributed by atoms with Gasteiger partial charge in [0.25, 0.3) is 0 Å². The summed E-state index contributed by atoms with van der Waals surface area (Å²) in [5, 5.41) is 3.27. The van der Waals surface area contributed by atoms with Gasteiger partial charge in [-0.3, -0.25) is 9.89 Å². The predicted molar refractivity (Wildman–Crippen MR) is 125 cm³/mol. The van der Waals surface area contributed by atoms with Crippen LogP contribution in [0.2, 0.25) is 0 Å². The van der Waals surface area contributed by atoms with Crippen LogP contribution in [0.5, 0.6) is 0 Å². The van der Waals surface area contributed by atoms with Crippen LogP contribution in [0.3, 0.4) is 0 Å². The lowest BCUT2D eigenvalue weighted by molar-refractivity contribution is 0.0377. The number of nitrogens with two attached hydrogens (primary N) is 1. The lowest BCUT2D eigenvalue weighted by atomic mass is 9.90. The molecule has 0 saturated carbocycles. The second kappa shape index (κ2) is 13.6. The van der Waals surface area contributed by atoms with E-state index in [9.17, 15) is 0 Å². The number of guanidine groups is 1. The van der Waals surface area contributed by atoms with Crippen molar-refractivity contribution in [3.8, 4) is 0 Å². The number of hydrogen-bond donors (Lipinski definition) is 2. The summed E-state index contributed by atoms with van der Waals surface area (Å²) < 4.78 is 5.37. The van der Waals surface area contributed by atoms with Gasteiger partial charge in [0, 0.05) is 32.7 Å². The van der Waals surface area contributed by atoms with E-state index in [1.807, 2.05) is 0 Å². The van der Waals surface area contributed by atoms with Gasteiger partial charge in [-0.25, -0.2) is 0 Å². The number of aliphatic imine (C=N–C) groups is 1. The molecule has 2 saturated heterocycles. The smallest absolute Gasteiger partial charge is 0.188 e. The van der Waals surface area contributed by atoms with Crippen molar-refractivity contribution in [2.75, 3.05) is 65.6 Å². The zero-order valence-corrected chi connectivity index (χ0v) is 18.6. The van der Waals surface area contributed by atoms with E-state index < -0.39 is 0 Å². The van der Waals surface area contributed by atoms with Crippen molar-refractivity contribution in [1.29, 1.82) is 0 Å². The molecule has 0 radical (unpaired) electrons. The second-order valence-electron chi connectivity index (χ2n) is 8.68. The van der Waals surface area contributed by atoms with E-state index in [0.29, 0.717) is 5.96 Å². The molecule has 0 unspecified atom stereocenters. The van der Waals surface area contributed by atoms with E-state index in [1.165, 1.54) is 50.9 Å². The molecule has 1 aromatic carbocycles. The molecule has 168 valence electrons. The first-order valence-electron chi connectivity index (χ1n) is 11.9. The van der Waals surface area contributed by atoms with E-state index in [2.05, 4.69) is 50.4 Å². The van der Waals surface area contributed by atoms with Crippen LogP contribution in [-0.4, -0.2) is 81.3 Å². The van der Waals surface area contributed by atoms with Crippen molar-refractivity contribution in [2.45, 2.75) is 38.5 Å². The Labute approximate surface area is 182 Å². The maximum absolute atomic E-state index is 5.99. The molecular weight excluding hydrogens is 374 g/mol. The Morgan fingerprint density at radius 1 is 0.967 bits per heavy atom. The Balaban J connectivity index is 1.16. The molecule has 0 bridgehead atoms. The molecule has 6 heteroatoms. The molecule has 6 nitrogen and oxygen atoms in total. The second-order valence-corrected chi connectivity index (χ2v) is 8.68. The van der Waals surface area contributed by atoms with Gasteiger partial charge >= 0.3 is 0 Å². The van der Waals surface area contributed by atoms with Crippen LogP contribution in [0.4, 0.5) is 0 Å². The Morgan fingerprint density at radius 2 is 1.67 bits per heavy atom. The molecule has 1 aromatic rings. The van der Waals surface area contributed by atoms with Gasteiger partial charge < -0.3 is 20.7 Å². The zero-order valence-electron chi connectivity index (χ0n) is 18.6. The standard InChI is InChI=1S/C24H41N5O/c25-24(27-12-6-14-29-17-19-30-20-18-29)26-11-4-5-13-28-15-9-23(10-16-28)21-22-7-2-1-3-8-22/h1-3,7-8,23H,4-6,9-21H2,(H3,25,26,27). The summed E-state index contributed by atoms with van der Waals surface area (Å²) in [5.41, 5.74) is 7.48. The molecule has 0 aliphatic carbocycles. The van der Waals surface area contributed by atoms with Crippen molar-refractivity contribution >= 4 is 5.96 Å². The summed E-state index contributed by atoms with van der Waals surface area (Å²) in [6.07, 6.45) is 7.33. The Bertz CT molecular complexity index is 595. The molecule has 2 aliphatic heterocycles. The molecule has 30 heavy (non-hydrogen) atoms. The highest BCUT2D eigenvalue weighted by molar-refractivity contribution is 5.77. The van der Waals surface area contributed by atoms with Gasteiger partial charge in [0.2, 0.25) is 0 Å². The Hall–Kier alpha value is -1.63. The molecule has 3 rings (SSSR count). The van der Waals surface area contributed by atoms with Crippen LogP contribution in [0.1, 0.15) is 37.7 Å². The van der Waals surface area contributed by atoms with Crippen molar-refractivity contribution in [3.63, 3.8) is 0 Å². The third-order valence-corrected chi connectivity index (χ3v) is 6.30. The first-order valence-corrected chi connectivity index (χ1v) is 11.9. The fourth-order valence-corrected chi connectivity index (χ4v) is 4.41. The summed E-state index contributed by atoms with van der Waals surface area (Å²) in [5.74, 6) is 1.45. The minimum atomic E-state index is 0.596. The zero-order chi connectivity index (χ0) is 20.9. The fourth-order valence-electron chi connectivity index (χ4n) is 4.41. The Morgan fingerprint density at radius 3 is 2.43 bits per heavy atom. The molecule has 0 spiro atoms. The first kappa shape index (κ1) is 23.0. The van der Waals surface area contributed by atoms with E-state index in [1.54, 1.807) is 0 Å². The minimum absolute atomic E-state index is 0.596. The molecule has 0 atom stereocenters. The molecule has 2 fully saturated rings. The summed E-state index contributed by atoms with van der Waals surface area (Å²) in [7, 11) is 0. The van der Waals surface area contributed by atoms with Gasteiger partial charge in [0.1, 0.15) is 0 Å². The van der Waals surface area contributed by atoms with E-state index >= 15 is 0 Å². The predicted octanol–water partition coefficient (Wildman–Crippen LogP) is 2.35. The maximum Gasteiger partial charge on any atom is 0.188 e. The Kier molecular flexibility index (Phi) is 10.5. The van der Waals surface area contributed by atoms with Crippen LogP contribution < -0.4 is 11.1 Å². The van der Waals surface area contributed by atoms with Gasteiger partial charge in [0.15, 0.2) is 5.96 Å². The number of ether oxygens (including phenoxy) is 1. The van der Waals surface area contributed by atoms with Gasteiger partial charge in [-0.1, -0.05) is 30.3 Å². The quantitative estimate of drug-likeness (QED) is 0.330. The van der Waals surface area contributed by atoms with E-state index in [0.717, 1.165) is 64.7 Å². The molecule has 0 amide bonds. The average molecular weight is 416 g/mol. The van der Waals surface area contributed by atoms with Crippen LogP contribution >= 0.6 is 0 Å². The first-order chi connectivity index (χ1) is 14.8. The number of rotatable bonds is 11. The van der Waals surface area contributed by atoms with Crippen LogP contribution in [0.15, 0.2) is 35.3 Å². The summed E-state index contributed by atoms with van der Waals surface area (Å²) in [4.78, 5) is 9.52. The third-order valence-electron chi connectivity index (χ3n) is 6.30. The van der Waals surface area contributed by atoms with Crippen molar-refractivity contribution in [2.24, 2.45) is 16.6 Å². The SMILES string of the molecule is NC(=NCCCN1CCOCC1)NCCCCN1CCC(Cc2ccccc2)CC1. The number of nitrogens with zero attached hydrogens (tertiary/aromatic N) is 3. The monoisotopic (exact) mass is 415 g/mol. The van der Waals surface area contributed by atoms with Crippen LogP contribution in [0, 0.1) is 5.92 Å².